The Morgan fingerprint density at radius 2 is 1.95 bits per heavy atom. The van der Waals surface area contributed by atoms with E-state index in [0.29, 0.717) is 30.9 Å². The average Bonchev–Trinajstić information content (AvgIpc) is 3.11. The molecule has 2 atom stereocenters. The van der Waals surface area contributed by atoms with E-state index >= 15 is 0 Å². The number of carbonyl (C=O) groups is 1. The molecule has 20 heavy (non-hydrogen) atoms. The molecule has 6 heteroatoms. The van der Waals surface area contributed by atoms with Gasteiger partial charge in [-0.2, -0.15) is 0 Å². The van der Waals surface area contributed by atoms with Gasteiger partial charge in [-0.05, 0) is 37.5 Å². The number of fused-ring (bicyclic) bond motifs is 2. The molecule has 0 aromatic carbocycles. The molecule has 0 radical (unpaired) electrons. The lowest BCUT2D eigenvalue weighted by Crippen LogP contribution is -2.42. The van der Waals surface area contributed by atoms with Crippen LogP contribution < -0.4 is 0 Å². The Bertz CT molecular complexity index is 369. The fourth-order valence-corrected chi connectivity index (χ4v) is 4.86. The van der Waals surface area contributed by atoms with Crippen LogP contribution in [0, 0.1) is 11.8 Å². The zero-order valence-electron chi connectivity index (χ0n) is 12.5. The highest BCUT2D eigenvalue weighted by Gasteiger charge is 2.38. The van der Waals surface area contributed by atoms with Crippen molar-refractivity contribution < 1.29 is 22.8 Å². The van der Waals surface area contributed by atoms with E-state index in [4.69, 9.17) is 18.0 Å². The van der Waals surface area contributed by atoms with Crippen molar-refractivity contribution in [2.75, 3.05) is 27.9 Å². The largest absolute Gasteiger partial charge is 0.500 e. The first-order chi connectivity index (χ1) is 9.64. The summed E-state index contributed by atoms with van der Waals surface area (Å²) in [4.78, 5) is 12.0. The first-order valence-electron chi connectivity index (χ1n) is 7.18. The Morgan fingerprint density at radius 1 is 1.25 bits per heavy atom. The number of hydrogen-bond donors (Lipinski definition) is 0. The van der Waals surface area contributed by atoms with Gasteiger partial charge in [0.2, 0.25) is 0 Å². The summed E-state index contributed by atoms with van der Waals surface area (Å²) in [5.41, 5.74) is 0.898. The average molecular weight is 300 g/mol. The van der Waals surface area contributed by atoms with E-state index < -0.39 is 8.80 Å². The minimum Gasteiger partial charge on any atom is -0.462 e. The maximum Gasteiger partial charge on any atom is 0.500 e. The summed E-state index contributed by atoms with van der Waals surface area (Å²) < 4.78 is 21.3. The molecule has 2 unspecified atom stereocenters. The molecule has 114 valence electrons. The minimum atomic E-state index is -2.54. The monoisotopic (exact) mass is 300 g/mol. The van der Waals surface area contributed by atoms with E-state index in [2.05, 4.69) is 6.08 Å². The second kappa shape index (κ2) is 6.84. The molecule has 2 rings (SSSR count). The lowest BCUT2D eigenvalue weighted by atomic mass is 9.99. The van der Waals surface area contributed by atoms with E-state index in [1.807, 2.05) is 0 Å². The molecule has 0 aliphatic heterocycles. The molecular formula is C14H24O5Si. The Hall–Kier alpha value is -0.693. The molecular weight excluding hydrogens is 276 g/mol. The summed E-state index contributed by atoms with van der Waals surface area (Å²) in [6, 6.07) is 0.648. The van der Waals surface area contributed by atoms with Gasteiger partial charge in [0.15, 0.2) is 0 Å². The van der Waals surface area contributed by atoms with Gasteiger partial charge in [0.1, 0.15) is 0 Å². The van der Waals surface area contributed by atoms with E-state index in [1.165, 1.54) is 6.42 Å². The maximum absolute atomic E-state index is 12.0. The van der Waals surface area contributed by atoms with Gasteiger partial charge in [0.25, 0.3) is 0 Å². The van der Waals surface area contributed by atoms with E-state index in [0.717, 1.165) is 18.4 Å². The molecule has 0 N–H and O–H groups in total. The maximum atomic E-state index is 12.0. The van der Waals surface area contributed by atoms with Gasteiger partial charge < -0.3 is 18.0 Å². The van der Waals surface area contributed by atoms with Crippen LogP contribution in [0.3, 0.4) is 0 Å². The summed E-state index contributed by atoms with van der Waals surface area (Å²) in [5, 5.41) is 0. The molecule has 0 aromatic heterocycles. The van der Waals surface area contributed by atoms with Gasteiger partial charge in [-0.25, -0.2) is 4.79 Å². The van der Waals surface area contributed by atoms with Gasteiger partial charge in [-0.3, -0.25) is 0 Å². The number of carbonyl (C=O) groups excluding carboxylic acids is 1. The van der Waals surface area contributed by atoms with Crippen molar-refractivity contribution in [3.8, 4) is 0 Å². The Balaban J connectivity index is 1.71. The van der Waals surface area contributed by atoms with Crippen LogP contribution in [0.25, 0.3) is 0 Å². The fraction of sp³-hybridized carbons (Fsp3) is 0.786. The molecule has 2 aliphatic rings. The van der Waals surface area contributed by atoms with Crippen molar-refractivity contribution >= 4 is 14.8 Å². The van der Waals surface area contributed by atoms with E-state index in [-0.39, 0.29) is 5.97 Å². The van der Waals surface area contributed by atoms with Crippen LogP contribution in [0.2, 0.25) is 6.04 Å². The van der Waals surface area contributed by atoms with Crippen LogP contribution in [0.5, 0.6) is 0 Å². The molecule has 0 aromatic rings. The number of hydrogen-bond acceptors (Lipinski definition) is 5. The highest BCUT2D eigenvalue weighted by atomic mass is 28.4. The second-order valence-corrected chi connectivity index (χ2v) is 8.52. The normalized spacial score (nSPS) is 24.9. The van der Waals surface area contributed by atoms with Gasteiger partial charge >= 0.3 is 14.8 Å². The number of allylic oxidation sites excluding steroid dienone is 1. The number of rotatable bonds is 8. The Morgan fingerprint density at radius 3 is 2.45 bits per heavy atom. The predicted molar refractivity (Wildman–Crippen MR) is 76.1 cm³/mol. The second-order valence-electron chi connectivity index (χ2n) is 5.43. The van der Waals surface area contributed by atoms with Crippen LogP contribution in [0.15, 0.2) is 11.6 Å². The van der Waals surface area contributed by atoms with Crippen LogP contribution in [-0.4, -0.2) is 42.7 Å². The predicted octanol–water partition coefficient (Wildman–Crippen LogP) is 2.15. The third-order valence-electron chi connectivity index (χ3n) is 4.36. The van der Waals surface area contributed by atoms with Gasteiger partial charge in [-0.15, -0.1) is 0 Å². The first kappa shape index (κ1) is 15.7. The van der Waals surface area contributed by atoms with Gasteiger partial charge in [0, 0.05) is 32.9 Å². The fourth-order valence-electron chi connectivity index (χ4n) is 3.17. The summed E-state index contributed by atoms with van der Waals surface area (Å²) >= 11 is 0. The lowest BCUT2D eigenvalue weighted by Gasteiger charge is -2.24. The first-order valence-corrected chi connectivity index (χ1v) is 9.11. The molecule has 0 saturated heterocycles. The van der Waals surface area contributed by atoms with Crippen molar-refractivity contribution in [1.29, 1.82) is 0 Å². The SMILES string of the molecule is CO[Si](CCCOC(=O)C1=CC2CCC1C2)(OC)OC. The molecule has 2 bridgehead atoms. The quantitative estimate of drug-likeness (QED) is 0.390. The molecule has 0 heterocycles. The Labute approximate surface area is 121 Å². The molecule has 0 amide bonds. The topological polar surface area (TPSA) is 54.0 Å². The highest BCUT2D eigenvalue weighted by Crippen LogP contribution is 2.43. The number of esters is 1. The third kappa shape index (κ3) is 3.31. The van der Waals surface area contributed by atoms with Crippen molar-refractivity contribution in [1.82, 2.24) is 0 Å². The standard InChI is InChI=1S/C14H24O5Si/c1-16-20(17-2,18-3)8-4-7-19-14(15)13-10-11-5-6-12(13)9-11/h10-12H,4-9H2,1-3H3. The summed E-state index contributed by atoms with van der Waals surface area (Å²) in [5.74, 6) is 0.910. The van der Waals surface area contributed by atoms with Crippen molar-refractivity contribution in [3.63, 3.8) is 0 Å². The lowest BCUT2D eigenvalue weighted by molar-refractivity contribution is -0.139. The summed E-state index contributed by atoms with van der Waals surface area (Å²) in [7, 11) is 2.23. The third-order valence-corrected chi connectivity index (χ3v) is 7.19. The smallest absolute Gasteiger partial charge is 0.462 e. The van der Waals surface area contributed by atoms with Crippen molar-refractivity contribution in [2.24, 2.45) is 11.8 Å². The van der Waals surface area contributed by atoms with Crippen LogP contribution in [0.4, 0.5) is 0 Å². The van der Waals surface area contributed by atoms with Crippen LogP contribution in [-0.2, 0) is 22.8 Å². The van der Waals surface area contributed by atoms with Crippen molar-refractivity contribution in [2.45, 2.75) is 31.7 Å². The minimum absolute atomic E-state index is 0.142. The molecule has 2 aliphatic carbocycles. The number of ether oxygens (including phenoxy) is 1. The molecule has 0 spiro atoms. The van der Waals surface area contributed by atoms with Gasteiger partial charge in [-0.1, -0.05) is 6.08 Å². The van der Waals surface area contributed by atoms with Crippen LogP contribution in [0.1, 0.15) is 25.7 Å². The Kier molecular flexibility index (Phi) is 5.37. The summed E-state index contributed by atoms with van der Waals surface area (Å²) in [6.45, 7) is 0.387. The van der Waals surface area contributed by atoms with Crippen LogP contribution >= 0.6 is 0 Å². The zero-order valence-corrected chi connectivity index (χ0v) is 13.5. The highest BCUT2D eigenvalue weighted by molar-refractivity contribution is 6.60. The summed E-state index contributed by atoms with van der Waals surface area (Å²) in [6.07, 6.45) is 6.30. The van der Waals surface area contributed by atoms with Gasteiger partial charge in [0.05, 0.1) is 6.61 Å². The molecule has 1 fully saturated rings. The molecule has 1 saturated carbocycles. The zero-order chi connectivity index (χ0) is 14.6. The van der Waals surface area contributed by atoms with E-state index in [9.17, 15) is 4.79 Å². The van der Waals surface area contributed by atoms with Crippen molar-refractivity contribution in [3.05, 3.63) is 11.6 Å². The van der Waals surface area contributed by atoms with E-state index in [1.54, 1.807) is 21.3 Å². The molecule has 5 nitrogen and oxygen atoms in total.